The number of nitrogens with zero attached hydrogens (tertiary/aromatic N) is 4. The Morgan fingerprint density at radius 2 is 2.24 bits per heavy atom. The first kappa shape index (κ1) is 12.7. The van der Waals surface area contributed by atoms with Crippen molar-refractivity contribution in [1.82, 2.24) is 20.1 Å². The molecule has 7 heteroatoms. The van der Waals surface area contributed by atoms with Crippen LogP contribution in [-0.4, -0.2) is 26.7 Å². The van der Waals surface area contributed by atoms with E-state index < -0.39 is 0 Å². The molecule has 4 rings (SSSR count). The molecule has 2 aliphatic rings. The summed E-state index contributed by atoms with van der Waals surface area (Å²) >= 11 is 0. The first-order chi connectivity index (χ1) is 10.4. The van der Waals surface area contributed by atoms with Gasteiger partial charge in [0, 0.05) is 24.1 Å². The van der Waals surface area contributed by atoms with Crippen molar-refractivity contribution in [2.75, 3.05) is 11.9 Å². The summed E-state index contributed by atoms with van der Waals surface area (Å²) in [6.45, 7) is 1.82. The van der Waals surface area contributed by atoms with Gasteiger partial charge in [-0.2, -0.15) is 4.98 Å². The fourth-order valence-corrected chi connectivity index (χ4v) is 2.55. The SMILES string of the molecule is c1nc(CNc2nc(C3CCC3)no2)nc2c1COCC2. The lowest BCUT2D eigenvalue weighted by molar-refractivity contribution is 0.108. The lowest BCUT2D eigenvalue weighted by atomic mass is 9.85. The number of fused-ring (bicyclic) bond motifs is 1. The summed E-state index contributed by atoms with van der Waals surface area (Å²) in [6.07, 6.45) is 6.27. The fraction of sp³-hybridized carbons (Fsp3) is 0.571. The second-order valence-electron chi connectivity index (χ2n) is 5.50. The van der Waals surface area contributed by atoms with Crippen molar-refractivity contribution in [2.45, 2.75) is 44.8 Å². The molecular formula is C14H17N5O2. The van der Waals surface area contributed by atoms with E-state index in [0.717, 1.165) is 48.8 Å². The van der Waals surface area contributed by atoms with Gasteiger partial charge in [0.2, 0.25) is 0 Å². The van der Waals surface area contributed by atoms with E-state index in [0.29, 0.717) is 25.1 Å². The van der Waals surface area contributed by atoms with Crippen LogP contribution >= 0.6 is 0 Å². The van der Waals surface area contributed by atoms with Gasteiger partial charge in [0.1, 0.15) is 5.82 Å². The molecule has 1 aliphatic carbocycles. The summed E-state index contributed by atoms with van der Waals surface area (Å²) in [4.78, 5) is 13.3. The molecule has 2 aromatic rings. The lowest BCUT2D eigenvalue weighted by Crippen LogP contribution is -2.15. The normalized spacial score (nSPS) is 18.1. The van der Waals surface area contributed by atoms with E-state index in [1.807, 2.05) is 6.20 Å². The Balaban J connectivity index is 1.40. The van der Waals surface area contributed by atoms with Crippen molar-refractivity contribution in [3.63, 3.8) is 0 Å². The van der Waals surface area contributed by atoms with Gasteiger partial charge in [-0.3, -0.25) is 0 Å². The fourth-order valence-electron chi connectivity index (χ4n) is 2.55. The first-order valence-corrected chi connectivity index (χ1v) is 7.37. The van der Waals surface area contributed by atoms with E-state index >= 15 is 0 Å². The van der Waals surface area contributed by atoms with Gasteiger partial charge in [0.25, 0.3) is 0 Å². The van der Waals surface area contributed by atoms with E-state index in [4.69, 9.17) is 9.26 Å². The molecule has 0 aromatic carbocycles. The minimum Gasteiger partial charge on any atom is -0.376 e. The van der Waals surface area contributed by atoms with Gasteiger partial charge >= 0.3 is 6.01 Å². The largest absolute Gasteiger partial charge is 0.376 e. The third kappa shape index (κ3) is 2.61. The Bertz CT molecular complexity index is 638. The summed E-state index contributed by atoms with van der Waals surface area (Å²) in [5.74, 6) is 2.02. The van der Waals surface area contributed by atoms with E-state index in [1.54, 1.807) is 0 Å². The van der Waals surface area contributed by atoms with Crippen molar-refractivity contribution in [3.8, 4) is 0 Å². The smallest absolute Gasteiger partial charge is 0.321 e. The molecule has 7 nitrogen and oxygen atoms in total. The van der Waals surface area contributed by atoms with Crippen molar-refractivity contribution >= 4 is 6.01 Å². The maximum atomic E-state index is 5.38. The Kier molecular flexibility index (Phi) is 3.27. The van der Waals surface area contributed by atoms with Crippen LogP contribution in [0.5, 0.6) is 0 Å². The molecule has 0 saturated heterocycles. The van der Waals surface area contributed by atoms with Gasteiger partial charge in [-0.1, -0.05) is 11.6 Å². The second-order valence-corrected chi connectivity index (χ2v) is 5.50. The first-order valence-electron chi connectivity index (χ1n) is 7.37. The van der Waals surface area contributed by atoms with Crippen LogP contribution < -0.4 is 5.32 Å². The van der Waals surface area contributed by atoms with Crippen molar-refractivity contribution < 1.29 is 9.26 Å². The van der Waals surface area contributed by atoms with Crippen LogP contribution in [0.15, 0.2) is 10.7 Å². The van der Waals surface area contributed by atoms with E-state index in [-0.39, 0.29) is 0 Å². The summed E-state index contributed by atoms with van der Waals surface area (Å²) in [6, 6.07) is 0.446. The third-order valence-corrected chi connectivity index (χ3v) is 4.05. The molecule has 1 fully saturated rings. The third-order valence-electron chi connectivity index (χ3n) is 4.05. The average molecular weight is 287 g/mol. The lowest BCUT2D eigenvalue weighted by Gasteiger charge is -2.20. The van der Waals surface area contributed by atoms with Gasteiger partial charge in [0.15, 0.2) is 5.82 Å². The van der Waals surface area contributed by atoms with Crippen LogP contribution in [0, 0.1) is 0 Å². The van der Waals surface area contributed by atoms with Gasteiger partial charge in [-0.15, -0.1) is 0 Å². The minimum atomic E-state index is 0.446. The van der Waals surface area contributed by atoms with E-state index in [9.17, 15) is 0 Å². The predicted molar refractivity (Wildman–Crippen MR) is 73.6 cm³/mol. The zero-order valence-electron chi connectivity index (χ0n) is 11.7. The van der Waals surface area contributed by atoms with Crippen molar-refractivity contribution in [1.29, 1.82) is 0 Å². The number of rotatable bonds is 4. The summed E-state index contributed by atoms with van der Waals surface area (Å²) in [5, 5.41) is 7.11. The summed E-state index contributed by atoms with van der Waals surface area (Å²) in [5.41, 5.74) is 2.16. The van der Waals surface area contributed by atoms with Gasteiger partial charge in [-0.25, -0.2) is 9.97 Å². The second kappa shape index (κ2) is 5.40. The van der Waals surface area contributed by atoms with Crippen LogP contribution in [0.25, 0.3) is 0 Å². The van der Waals surface area contributed by atoms with Crippen LogP contribution in [-0.2, 0) is 24.3 Å². The number of aromatic nitrogens is 4. The quantitative estimate of drug-likeness (QED) is 0.917. The molecule has 0 spiro atoms. The number of hydrogen-bond acceptors (Lipinski definition) is 7. The highest BCUT2D eigenvalue weighted by Gasteiger charge is 2.24. The van der Waals surface area contributed by atoms with Crippen LogP contribution in [0.3, 0.4) is 0 Å². The molecule has 0 radical (unpaired) electrons. The van der Waals surface area contributed by atoms with Gasteiger partial charge < -0.3 is 14.6 Å². The number of anilines is 1. The predicted octanol–water partition coefficient (Wildman–Crippen LogP) is 1.81. The molecule has 0 bridgehead atoms. The maximum Gasteiger partial charge on any atom is 0.321 e. The van der Waals surface area contributed by atoms with E-state index in [1.165, 1.54) is 6.42 Å². The zero-order chi connectivity index (χ0) is 14.1. The minimum absolute atomic E-state index is 0.446. The number of hydrogen-bond donors (Lipinski definition) is 1. The molecule has 21 heavy (non-hydrogen) atoms. The zero-order valence-corrected chi connectivity index (χ0v) is 11.7. The highest BCUT2D eigenvalue weighted by Crippen LogP contribution is 2.34. The summed E-state index contributed by atoms with van der Waals surface area (Å²) in [7, 11) is 0. The Morgan fingerprint density at radius 3 is 3.10 bits per heavy atom. The van der Waals surface area contributed by atoms with Gasteiger partial charge in [-0.05, 0) is 12.8 Å². The monoisotopic (exact) mass is 287 g/mol. The molecule has 2 aromatic heterocycles. The number of nitrogens with one attached hydrogen (secondary N) is 1. The molecule has 0 amide bonds. The molecule has 1 aliphatic heterocycles. The number of ether oxygens (including phenoxy) is 1. The van der Waals surface area contributed by atoms with Crippen LogP contribution in [0.2, 0.25) is 0 Å². The molecule has 110 valence electrons. The van der Waals surface area contributed by atoms with Crippen LogP contribution in [0.1, 0.15) is 48.1 Å². The standard InChI is InChI=1S/C14H17N5O2/c1-2-9(3-1)13-18-14(21-19-13)16-7-12-15-6-10-8-20-5-4-11(10)17-12/h6,9H,1-5,7-8H2,(H,16,18,19). The average Bonchev–Trinajstić information content (AvgIpc) is 2.91. The Hall–Kier alpha value is -2.02. The summed E-state index contributed by atoms with van der Waals surface area (Å²) < 4.78 is 10.6. The Morgan fingerprint density at radius 1 is 1.29 bits per heavy atom. The van der Waals surface area contributed by atoms with E-state index in [2.05, 4.69) is 25.4 Å². The molecular weight excluding hydrogens is 270 g/mol. The highest BCUT2D eigenvalue weighted by molar-refractivity contribution is 5.23. The molecule has 1 N–H and O–H groups in total. The van der Waals surface area contributed by atoms with Gasteiger partial charge in [0.05, 0.1) is 25.5 Å². The van der Waals surface area contributed by atoms with Crippen LogP contribution in [0.4, 0.5) is 6.01 Å². The molecule has 1 saturated carbocycles. The Labute approximate surface area is 122 Å². The molecule has 3 heterocycles. The maximum absolute atomic E-state index is 5.38. The van der Waals surface area contributed by atoms with Crippen molar-refractivity contribution in [3.05, 3.63) is 29.1 Å². The molecule has 0 unspecified atom stereocenters. The topological polar surface area (TPSA) is 86.0 Å². The van der Waals surface area contributed by atoms with Crippen molar-refractivity contribution in [2.24, 2.45) is 0 Å². The highest BCUT2D eigenvalue weighted by atomic mass is 16.5. The molecule has 0 atom stereocenters.